The van der Waals surface area contributed by atoms with Crippen LogP contribution in [0.1, 0.15) is 34.9 Å². The molecule has 4 nitrogen and oxygen atoms in total. The Bertz CT molecular complexity index is 939. The summed E-state index contributed by atoms with van der Waals surface area (Å²) < 4.78 is 19.3. The Balaban J connectivity index is 1.58. The summed E-state index contributed by atoms with van der Waals surface area (Å²) in [4.78, 5) is 11.4. The fraction of sp³-hybridized carbons (Fsp3) is 0.333. The number of fused-ring (bicyclic) bond motifs is 4. The number of aromatic nitrogens is 2. The third-order valence-corrected chi connectivity index (χ3v) is 6.02. The summed E-state index contributed by atoms with van der Waals surface area (Å²) in [6.07, 6.45) is 5.84. The van der Waals surface area contributed by atoms with E-state index in [-0.39, 0.29) is 11.9 Å². The normalized spacial score (nSPS) is 19.0. The molecule has 3 aromatic rings. The van der Waals surface area contributed by atoms with E-state index in [0.717, 1.165) is 46.6 Å². The average Bonchev–Trinajstić information content (AvgIpc) is 3.16. The summed E-state index contributed by atoms with van der Waals surface area (Å²) in [5.41, 5.74) is 2.25. The largest absolute Gasteiger partial charge is 0.493 e. The van der Waals surface area contributed by atoms with Gasteiger partial charge in [0.15, 0.2) is 0 Å². The molecule has 2 aliphatic rings. The van der Waals surface area contributed by atoms with Crippen molar-refractivity contribution in [2.45, 2.75) is 31.7 Å². The highest BCUT2D eigenvalue weighted by molar-refractivity contribution is 7.19. The Kier molecular flexibility index (Phi) is 3.19. The zero-order valence-electron chi connectivity index (χ0n) is 13.0. The van der Waals surface area contributed by atoms with Crippen molar-refractivity contribution in [2.24, 2.45) is 0 Å². The Morgan fingerprint density at radius 2 is 2.21 bits per heavy atom. The number of nitrogens with one attached hydrogen (secondary N) is 1. The number of ether oxygens (including phenoxy) is 1. The first-order valence-corrected chi connectivity index (χ1v) is 9.05. The van der Waals surface area contributed by atoms with Crippen molar-refractivity contribution in [3.8, 4) is 5.75 Å². The Morgan fingerprint density at radius 3 is 3.17 bits per heavy atom. The van der Waals surface area contributed by atoms with Crippen LogP contribution in [0.4, 0.5) is 10.2 Å². The van der Waals surface area contributed by atoms with E-state index in [9.17, 15) is 4.39 Å². The summed E-state index contributed by atoms with van der Waals surface area (Å²) >= 11 is 1.77. The molecule has 0 radical (unpaired) electrons. The molecule has 1 aliphatic carbocycles. The Morgan fingerprint density at radius 1 is 1.25 bits per heavy atom. The molecule has 0 spiro atoms. The van der Waals surface area contributed by atoms with Gasteiger partial charge in [0.05, 0.1) is 18.0 Å². The topological polar surface area (TPSA) is 47.0 Å². The molecule has 2 aromatic heterocycles. The van der Waals surface area contributed by atoms with E-state index in [4.69, 9.17) is 4.74 Å². The van der Waals surface area contributed by atoms with Gasteiger partial charge in [0.25, 0.3) is 0 Å². The first kappa shape index (κ1) is 14.2. The summed E-state index contributed by atoms with van der Waals surface area (Å²) in [5.74, 6) is 1.37. The van der Waals surface area contributed by atoms with Crippen molar-refractivity contribution in [2.75, 3.05) is 11.9 Å². The molecule has 0 amide bonds. The lowest BCUT2D eigenvalue weighted by molar-refractivity contribution is 0.273. The second-order valence-corrected chi connectivity index (χ2v) is 7.36. The van der Waals surface area contributed by atoms with Crippen LogP contribution in [0.25, 0.3) is 10.2 Å². The molecule has 1 aliphatic heterocycles. The summed E-state index contributed by atoms with van der Waals surface area (Å²) in [5, 5.41) is 4.68. The predicted octanol–water partition coefficient (Wildman–Crippen LogP) is 4.25. The number of hydrogen-bond acceptors (Lipinski definition) is 5. The highest BCUT2D eigenvalue weighted by Crippen LogP contribution is 2.41. The van der Waals surface area contributed by atoms with Gasteiger partial charge < -0.3 is 10.1 Å². The fourth-order valence-electron chi connectivity index (χ4n) is 3.72. The summed E-state index contributed by atoms with van der Waals surface area (Å²) in [7, 11) is 0. The van der Waals surface area contributed by atoms with Gasteiger partial charge in [-0.3, -0.25) is 0 Å². The van der Waals surface area contributed by atoms with Gasteiger partial charge >= 0.3 is 0 Å². The van der Waals surface area contributed by atoms with Gasteiger partial charge in [-0.05, 0) is 43.0 Å². The molecule has 0 fully saturated rings. The second kappa shape index (κ2) is 5.41. The summed E-state index contributed by atoms with van der Waals surface area (Å²) in [6.45, 7) is 0.617. The van der Waals surface area contributed by atoms with Crippen molar-refractivity contribution >= 4 is 27.4 Å². The van der Waals surface area contributed by atoms with Crippen molar-refractivity contribution in [3.05, 3.63) is 46.3 Å². The molecule has 5 rings (SSSR count). The molecule has 3 heterocycles. The van der Waals surface area contributed by atoms with E-state index in [0.29, 0.717) is 6.61 Å². The van der Waals surface area contributed by atoms with Gasteiger partial charge in [-0.2, -0.15) is 0 Å². The maximum atomic E-state index is 13.7. The van der Waals surface area contributed by atoms with Crippen LogP contribution in [0.2, 0.25) is 0 Å². The number of thiophene rings is 1. The average molecular weight is 341 g/mol. The van der Waals surface area contributed by atoms with Crippen molar-refractivity contribution in [1.82, 2.24) is 9.97 Å². The van der Waals surface area contributed by atoms with Crippen LogP contribution in [0, 0.1) is 5.82 Å². The Labute approximate surface area is 142 Å². The van der Waals surface area contributed by atoms with Crippen LogP contribution < -0.4 is 10.1 Å². The van der Waals surface area contributed by atoms with E-state index in [1.54, 1.807) is 29.8 Å². The third kappa shape index (κ3) is 2.17. The van der Waals surface area contributed by atoms with E-state index >= 15 is 0 Å². The highest BCUT2D eigenvalue weighted by atomic mass is 32.1. The molecule has 6 heteroatoms. The van der Waals surface area contributed by atoms with E-state index in [2.05, 4.69) is 15.3 Å². The van der Waals surface area contributed by atoms with Gasteiger partial charge in [-0.15, -0.1) is 11.3 Å². The second-order valence-electron chi connectivity index (χ2n) is 6.28. The molecule has 0 saturated heterocycles. The lowest BCUT2D eigenvalue weighted by Crippen LogP contribution is -2.21. The lowest BCUT2D eigenvalue weighted by atomic mass is 10.00. The predicted molar refractivity (Wildman–Crippen MR) is 92.3 cm³/mol. The fourth-order valence-corrected chi connectivity index (χ4v) is 4.95. The van der Waals surface area contributed by atoms with Crippen LogP contribution in [-0.2, 0) is 12.8 Å². The number of rotatable bonds is 2. The van der Waals surface area contributed by atoms with Crippen molar-refractivity contribution < 1.29 is 9.13 Å². The minimum Gasteiger partial charge on any atom is -0.493 e. The molecule has 1 unspecified atom stereocenters. The van der Waals surface area contributed by atoms with Gasteiger partial charge in [0.2, 0.25) is 0 Å². The maximum absolute atomic E-state index is 13.7. The van der Waals surface area contributed by atoms with Gasteiger partial charge in [0, 0.05) is 16.9 Å². The molecule has 122 valence electrons. The number of nitrogens with zero attached hydrogens (tertiary/aromatic N) is 2. The number of halogens is 1. The number of benzene rings is 1. The van der Waals surface area contributed by atoms with Crippen molar-refractivity contribution in [3.63, 3.8) is 0 Å². The Hall–Kier alpha value is -2.21. The van der Waals surface area contributed by atoms with E-state index < -0.39 is 0 Å². The first-order valence-electron chi connectivity index (χ1n) is 8.23. The molecule has 1 aromatic carbocycles. The monoisotopic (exact) mass is 341 g/mol. The number of aryl methyl sites for hydroxylation is 2. The first-order chi connectivity index (χ1) is 11.8. The smallest absolute Gasteiger partial charge is 0.138 e. The van der Waals surface area contributed by atoms with Crippen LogP contribution in [-0.4, -0.2) is 16.6 Å². The molecular formula is C18H16FN3OS. The van der Waals surface area contributed by atoms with E-state index in [1.165, 1.54) is 22.9 Å². The van der Waals surface area contributed by atoms with Crippen molar-refractivity contribution in [1.29, 1.82) is 0 Å². The minimum absolute atomic E-state index is 0.000460. The molecule has 24 heavy (non-hydrogen) atoms. The molecule has 1 N–H and O–H groups in total. The lowest BCUT2D eigenvalue weighted by Gasteiger charge is -2.27. The molecular weight excluding hydrogens is 325 g/mol. The molecule has 0 bridgehead atoms. The standard InChI is InChI=1S/C18H16FN3OS/c19-10-4-5-14-12(8-10)13(6-7-23-14)22-17-16-11-2-1-3-15(11)24-18(16)21-9-20-17/h4-5,8-9,13H,1-3,6-7H2,(H,20,21,22). The van der Waals surface area contributed by atoms with Crippen LogP contribution >= 0.6 is 11.3 Å². The molecule has 1 atom stereocenters. The maximum Gasteiger partial charge on any atom is 0.138 e. The van der Waals surface area contributed by atoms with Crippen LogP contribution in [0.15, 0.2) is 24.5 Å². The zero-order valence-corrected chi connectivity index (χ0v) is 13.8. The minimum atomic E-state index is -0.240. The zero-order chi connectivity index (χ0) is 16.1. The summed E-state index contributed by atoms with van der Waals surface area (Å²) in [6, 6.07) is 4.70. The SMILES string of the molecule is Fc1ccc2c(c1)C(Nc1ncnc3sc4c(c13)CCC4)CCO2. The number of anilines is 1. The third-order valence-electron chi connectivity index (χ3n) is 4.82. The van der Waals surface area contributed by atoms with Gasteiger partial charge in [0.1, 0.15) is 28.5 Å². The van der Waals surface area contributed by atoms with Crippen LogP contribution in [0.5, 0.6) is 5.75 Å². The van der Waals surface area contributed by atoms with Gasteiger partial charge in [-0.1, -0.05) is 0 Å². The van der Waals surface area contributed by atoms with Crippen LogP contribution in [0.3, 0.4) is 0 Å². The van der Waals surface area contributed by atoms with Gasteiger partial charge in [-0.25, -0.2) is 14.4 Å². The molecule has 0 saturated carbocycles. The highest BCUT2D eigenvalue weighted by Gasteiger charge is 2.26. The number of hydrogen-bond donors (Lipinski definition) is 1. The quantitative estimate of drug-likeness (QED) is 0.757. The van der Waals surface area contributed by atoms with E-state index in [1.807, 2.05) is 0 Å².